The smallest absolute Gasteiger partial charge is 0.232 e. The number of nitrogens with one attached hydrogen (secondary N) is 2. The average Bonchev–Trinajstić information content (AvgIpc) is 2.94. The Morgan fingerprint density at radius 1 is 0.892 bits per heavy atom. The van der Waals surface area contributed by atoms with Crippen LogP contribution in [0.4, 0.5) is 23.3 Å². The van der Waals surface area contributed by atoms with Gasteiger partial charge in [0.25, 0.3) is 0 Å². The number of ether oxygens (including phenoxy) is 1. The molecule has 0 bridgehead atoms. The van der Waals surface area contributed by atoms with Crippen molar-refractivity contribution in [1.82, 2.24) is 20.2 Å². The highest BCUT2D eigenvalue weighted by atomic mass is 32.1. The van der Waals surface area contributed by atoms with Crippen molar-refractivity contribution in [3.63, 3.8) is 0 Å². The van der Waals surface area contributed by atoms with E-state index in [1.165, 1.54) is 18.5 Å². The van der Waals surface area contributed by atoms with Gasteiger partial charge in [-0.2, -0.15) is 9.97 Å². The Morgan fingerprint density at radius 2 is 1.51 bits per heavy atom. The quantitative estimate of drug-likeness (QED) is 0.528. The van der Waals surface area contributed by atoms with Crippen molar-refractivity contribution in [3.8, 4) is 0 Å². The average molecular weight is 525 g/mol. The maximum Gasteiger partial charge on any atom is 0.232 e. The highest BCUT2D eigenvalue weighted by molar-refractivity contribution is 7.80. The molecule has 0 radical (unpaired) electrons. The molecule has 3 saturated heterocycles. The van der Waals surface area contributed by atoms with Crippen LogP contribution in [0.5, 0.6) is 0 Å². The van der Waals surface area contributed by atoms with Crippen LogP contribution in [0, 0.1) is 5.92 Å². The number of para-hydroxylation sites is 1. The van der Waals surface area contributed by atoms with Gasteiger partial charge in [0.05, 0.1) is 13.2 Å². The molecule has 0 saturated carbocycles. The summed E-state index contributed by atoms with van der Waals surface area (Å²) >= 11 is 5.61. The van der Waals surface area contributed by atoms with Gasteiger partial charge >= 0.3 is 0 Å². The first kappa shape index (κ1) is 25.9. The van der Waals surface area contributed by atoms with Crippen LogP contribution in [0.15, 0.2) is 36.4 Å². The van der Waals surface area contributed by atoms with Crippen molar-refractivity contribution >= 4 is 40.6 Å². The molecule has 10 heteroatoms. The van der Waals surface area contributed by atoms with Gasteiger partial charge in [0.2, 0.25) is 5.95 Å². The van der Waals surface area contributed by atoms with Gasteiger partial charge in [-0.05, 0) is 43.1 Å². The molecule has 9 nitrogen and oxygen atoms in total. The van der Waals surface area contributed by atoms with Crippen LogP contribution in [0.2, 0.25) is 0 Å². The summed E-state index contributed by atoms with van der Waals surface area (Å²) in [6, 6.07) is 12.8. The second-order valence-electron chi connectivity index (χ2n) is 10.2. The summed E-state index contributed by atoms with van der Waals surface area (Å²) in [5.74, 6) is 3.29. The third kappa shape index (κ3) is 7.21. The molecule has 200 valence electrons. The first-order valence-corrected chi connectivity index (χ1v) is 14.1. The van der Waals surface area contributed by atoms with Gasteiger partial charge in [-0.15, -0.1) is 0 Å². The molecule has 2 N–H and O–H groups in total. The fraction of sp³-hybridized carbons (Fsp3) is 0.593. The number of piperidine rings is 1. The van der Waals surface area contributed by atoms with Gasteiger partial charge in [0, 0.05) is 77.2 Å². The van der Waals surface area contributed by atoms with E-state index in [-0.39, 0.29) is 0 Å². The van der Waals surface area contributed by atoms with Gasteiger partial charge in [-0.1, -0.05) is 25.1 Å². The molecule has 0 spiro atoms. The molecule has 0 atom stereocenters. The van der Waals surface area contributed by atoms with E-state index in [0.717, 1.165) is 96.2 Å². The molecule has 3 aliphatic rings. The second kappa shape index (κ2) is 12.7. The summed E-state index contributed by atoms with van der Waals surface area (Å²) in [5.41, 5.74) is 1.28. The van der Waals surface area contributed by atoms with Crippen LogP contribution in [0.1, 0.15) is 19.8 Å². The summed E-state index contributed by atoms with van der Waals surface area (Å²) < 4.78 is 5.44. The number of hydrogen-bond acceptors (Lipinski definition) is 8. The summed E-state index contributed by atoms with van der Waals surface area (Å²) in [4.78, 5) is 19.4. The topological polar surface area (TPSA) is 72.0 Å². The Kier molecular flexibility index (Phi) is 8.91. The fourth-order valence-corrected chi connectivity index (χ4v) is 5.36. The Hall–Kier alpha value is -2.69. The molecule has 2 aromatic rings. The highest BCUT2D eigenvalue weighted by Crippen LogP contribution is 2.27. The lowest BCUT2D eigenvalue weighted by atomic mass is 9.99. The number of piperazine rings is 1. The largest absolute Gasteiger partial charge is 0.379 e. The minimum atomic E-state index is 0.567. The van der Waals surface area contributed by atoms with Crippen LogP contribution >= 0.6 is 12.2 Å². The first-order chi connectivity index (χ1) is 18.1. The van der Waals surface area contributed by atoms with Crippen LogP contribution in [0.3, 0.4) is 0 Å². The first-order valence-electron chi connectivity index (χ1n) is 13.7. The molecule has 37 heavy (non-hydrogen) atoms. The molecule has 1 aromatic heterocycles. The van der Waals surface area contributed by atoms with E-state index >= 15 is 0 Å². The molecular weight excluding hydrogens is 484 g/mol. The SMILES string of the molecule is CC1CCN(c2cc(N3CCN(c4ccccc4)CC3)nc(NC(=S)NCCN3CCOCC3)n2)CC1. The predicted octanol–water partition coefficient (Wildman–Crippen LogP) is 2.66. The molecule has 3 aliphatic heterocycles. The number of rotatable bonds is 7. The number of aromatic nitrogens is 2. The maximum atomic E-state index is 5.61. The molecule has 1 aromatic carbocycles. The lowest BCUT2D eigenvalue weighted by Gasteiger charge is -2.37. The lowest BCUT2D eigenvalue weighted by molar-refractivity contribution is 0.0389. The van der Waals surface area contributed by atoms with Gasteiger partial charge in [0.15, 0.2) is 5.11 Å². The zero-order valence-electron chi connectivity index (χ0n) is 21.9. The van der Waals surface area contributed by atoms with E-state index in [1.807, 2.05) is 0 Å². The fourth-order valence-electron chi connectivity index (χ4n) is 5.17. The molecule has 0 unspecified atom stereocenters. The van der Waals surface area contributed by atoms with Crippen molar-refractivity contribution in [2.45, 2.75) is 19.8 Å². The zero-order valence-corrected chi connectivity index (χ0v) is 22.8. The zero-order chi connectivity index (χ0) is 25.5. The second-order valence-corrected chi connectivity index (χ2v) is 10.6. The molecule has 3 fully saturated rings. The summed E-state index contributed by atoms with van der Waals surface area (Å²) in [6.07, 6.45) is 2.39. The van der Waals surface area contributed by atoms with Gasteiger partial charge < -0.3 is 30.1 Å². The van der Waals surface area contributed by atoms with Crippen molar-refractivity contribution in [2.75, 3.05) is 98.7 Å². The Morgan fingerprint density at radius 3 is 2.19 bits per heavy atom. The van der Waals surface area contributed by atoms with Crippen LogP contribution in [-0.4, -0.2) is 98.6 Å². The maximum absolute atomic E-state index is 5.61. The van der Waals surface area contributed by atoms with Gasteiger partial charge in [-0.25, -0.2) is 0 Å². The third-order valence-electron chi connectivity index (χ3n) is 7.57. The molecule has 5 rings (SSSR count). The summed E-state index contributed by atoms with van der Waals surface area (Å²) in [5, 5.41) is 7.17. The van der Waals surface area contributed by atoms with E-state index < -0.39 is 0 Å². The number of morpholine rings is 1. The molecule has 0 aliphatic carbocycles. The van der Waals surface area contributed by atoms with Crippen molar-refractivity contribution in [2.24, 2.45) is 5.92 Å². The van der Waals surface area contributed by atoms with E-state index in [0.29, 0.717) is 11.1 Å². The predicted molar refractivity (Wildman–Crippen MR) is 155 cm³/mol. The number of benzene rings is 1. The molecular formula is C27H40N8OS. The van der Waals surface area contributed by atoms with E-state index in [1.54, 1.807) is 0 Å². The van der Waals surface area contributed by atoms with Crippen LogP contribution in [-0.2, 0) is 4.74 Å². The van der Waals surface area contributed by atoms with Crippen molar-refractivity contribution < 1.29 is 4.74 Å². The van der Waals surface area contributed by atoms with E-state index in [4.69, 9.17) is 26.9 Å². The highest BCUT2D eigenvalue weighted by Gasteiger charge is 2.23. The van der Waals surface area contributed by atoms with E-state index in [9.17, 15) is 0 Å². The standard InChI is InChI=1S/C27H40N8OS/c1-22-7-10-34(11-8-22)24-21-25(35-15-13-33(14-16-35)23-5-3-2-4-6-23)30-26(29-24)31-27(37)28-9-12-32-17-19-36-20-18-32/h2-6,21-22H,7-20H2,1H3,(H2,28,29,30,31,37). The molecule has 0 amide bonds. The van der Waals surface area contributed by atoms with Gasteiger partial charge in [-0.3, -0.25) is 4.90 Å². The van der Waals surface area contributed by atoms with E-state index in [2.05, 4.69) is 73.6 Å². The Balaban J connectivity index is 1.24. The monoisotopic (exact) mass is 524 g/mol. The van der Waals surface area contributed by atoms with Crippen LogP contribution in [0.25, 0.3) is 0 Å². The van der Waals surface area contributed by atoms with Crippen LogP contribution < -0.4 is 25.3 Å². The summed E-state index contributed by atoms with van der Waals surface area (Å²) in [7, 11) is 0. The van der Waals surface area contributed by atoms with Gasteiger partial charge in [0.1, 0.15) is 11.6 Å². The summed E-state index contributed by atoms with van der Waals surface area (Å²) in [6.45, 7) is 13.5. The number of nitrogens with zero attached hydrogens (tertiary/aromatic N) is 6. The molecule has 4 heterocycles. The minimum Gasteiger partial charge on any atom is -0.379 e. The third-order valence-corrected chi connectivity index (χ3v) is 7.82. The normalized spacial score (nSPS) is 19.6. The Labute approximate surface area is 226 Å². The van der Waals surface area contributed by atoms with Crippen molar-refractivity contribution in [1.29, 1.82) is 0 Å². The number of anilines is 4. The number of thiocarbonyl (C=S) groups is 1. The Bertz CT molecular complexity index is 1000. The number of hydrogen-bond donors (Lipinski definition) is 2. The minimum absolute atomic E-state index is 0.567. The lowest BCUT2D eigenvalue weighted by Crippen LogP contribution is -2.47. The van der Waals surface area contributed by atoms with Crippen molar-refractivity contribution in [3.05, 3.63) is 36.4 Å².